The summed E-state index contributed by atoms with van der Waals surface area (Å²) in [7, 11) is 0. The summed E-state index contributed by atoms with van der Waals surface area (Å²) in [5, 5.41) is 4.68. The lowest BCUT2D eigenvalue weighted by molar-refractivity contribution is 0.370. The molecule has 0 saturated heterocycles. The van der Waals surface area contributed by atoms with Crippen LogP contribution in [0.5, 0.6) is 0 Å². The van der Waals surface area contributed by atoms with Crippen molar-refractivity contribution in [2.75, 3.05) is 6.54 Å². The Kier molecular flexibility index (Phi) is 4.73. The van der Waals surface area contributed by atoms with Crippen LogP contribution in [0.3, 0.4) is 0 Å². The summed E-state index contributed by atoms with van der Waals surface area (Å²) < 4.78 is 5.18. The maximum Gasteiger partial charge on any atom is 0.226 e. The van der Waals surface area contributed by atoms with E-state index in [1.807, 2.05) is 24.3 Å². The standard InChI is InChI=1S/C13H16ClN3O/c14-11-5-3-4-10(8-11)9-12-16-13(18-17-12)6-1-2-7-15/h3-5,8H,1-2,6-7,9,15H2. The quantitative estimate of drug-likeness (QED) is 0.816. The number of aryl methyl sites for hydroxylation is 1. The van der Waals surface area contributed by atoms with Crippen LogP contribution in [0.15, 0.2) is 28.8 Å². The maximum absolute atomic E-state index is 5.92. The van der Waals surface area contributed by atoms with E-state index in [1.54, 1.807) is 0 Å². The highest BCUT2D eigenvalue weighted by Gasteiger charge is 2.07. The van der Waals surface area contributed by atoms with Crippen molar-refractivity contribution in [3.63, 3.8) is 0 Å². The minimum Gasteiger partial charge on any atom is -0.339 e. The van der Waals surface area contributed by atoms with E-state index in [-0.39, 0.29) is 0 Å². The molecule has 0 aliphatic carbocycles. The molecule has 1 aromatic carbocycles. The Hall–Kier alpha value is -1.39. The number of halogens is 1. The molecule has 2 N–H and O–H groups in total. The zero-order valence-electron chi connectivity index (χ0n) is 10.1. The van der Waals surface area contributed by atoms with Crippen molar-refractivity contribution < 1.29 is 4.52 Å². The van der Waals surface area contributed by atoms with Crippen molar-refractivity contribution in [1.29, 1.82) is 0 Å². The number of benzene rings is 1. The molecule has 0 bridgehead atoms. The van der Waals surface area contributed by atoms with Gasteiger partial charge in [-0.25, -0.2) is 0 Å². The van der Waals surface area contributed by atoms with Crippen molar-refractivity contribution in [3.05, 3.63) is 46.6 Å². The summed E-state index contributed by atoms with van der Waals surface area (Å²) in [6.07, 6.45) is 3.39. The number of rotatable bonds is 6. The highest BCUT2D eigenvalue weighted by molar-refractivity contribution is 6.30. The van der Waals surface area contributed by atoms with Crippen molar-refractivity contribution in [1.82, 2.24) is 10.1 Å². The molecule has 0 saturated carbocycles. The van der Waals surface area contributed by atoms with E-state index in [4.69, 9.17) is 21.9 Å². The van der Waals surface area contributed by atoms with Crippen molar-refractivity contribution in [3.8, 4) is 0 Å². The Balaban J connectivity index is 1.94. The van der Waals surface area contributed by atoms with Gasteiger partial charge in [-0.1, -0.05) is 28.9 Å². The third kappa shape index (κ3) is 3.82. The molecule has 0 fully saturated rings. The van der Waals surface area contributed by atoms with Gasteiger partial charge in [0.1, 0.15) is 0 Å². The Morgan fingerprint density at radius 3 is 2.94 bits per heavy atom. The molecule has 0 aliphatic heterocycles. The number of hydrogen-bond donors (Lipinski definition) is 1. The Morgan fingerprint density at radius 2 is 2.17 bits per heavy atom. The lowest BCUT2D eigenvalue weighted by Crippen LogP contribution is -1.99. The molecule has 0 unspecified atom stereocenters. The first-order valence-corrected chi connectivity index (χ1v) is 6.41. The number of hydrogen-bond acceptors (Lipinski definition) is 4. The number of nitrogens with two attached hydrogens (primary N) is 1. The van der Waals surface area contributed by atoms with Gasteiger partial charge in [-0.3, -0.25) is 0 Å². The molecule has 2 aromatic rings. The maximum atomic E-state index is 5.92. The molecule has 18 heavy (non-hydrogen) atoms. The van der Waals surface area contributed by atoms with Crippen LogP contribution in [0.25, 0.3) is 0 Å². The average molecular weight is 266 g/mol. The molecule has 0 atom stereocenters. The van der Waals surface area contributed by atoms with Gasteiger partial charge in [0, 0.05) is 17.9 Å². The van der Waals surface area contributed by atoms with Crippen LogP contribution in [0.2, 0.25) is 5.02 Å². The predicted molar refractivity (Wildman–Crippen MR) is 70.5 cm³/mol. The summed E-state index contributed by atoms with van der Waals surface area (Å²) in [6.45, 7) is 0.698. The van der Waals surface area contributed by atoms with E-state index in [0.29, 0.717) is 24.7 Å². The first-order chi connectivity index (χ1) is 8.78. The number of nitrogens with zero attached hydrogens (tertiary/aromatic N) is 2. The van der Waals surface area contributed by atoms with Crippen molar-refractivity contribution >= 4 is 11.6 Å². The average Bonchev–Trinajstić information content (AvgIpc) is 2.77. The summed E-state index contributed by atoms with van der Waals surface area (Å²) in [4.78, 5) is 4.35. The summed E-state index contributed by atoms with van der Waals surface area (Å²) in [6, 6.07) is 7.67. The fourth-order valence-corrected chi connectivity index (χ4v) is 1.93. The molecule has 0 spiro atoms. The molecule has 4 nitrogen and oxygen atoms in total. The number of aromatic nitrogens is 2. The van der Waals surface area contributed by atoms with Crippen molar-refractivity contribution in [2.45, 2.75) is 25.7 Å². The Bertz CT molecular complexity index is 498. The predicted octanol–water partition coefficient (Wildman–Crippen LogP) is 2.60. The summed E-state index contributed by atoms with van der Waals surface area (Å²) >= 11 is 5.92. The first kappa shape index (κ1) is 13.1. The highest BCUT2D eigenvalue weighted by Crippen LogP contribution is 2.13. The normalized spacial score (nSPS) is 10.8. The van der Waals surface area contributed by atoms with E-state index in [2.05, 4.69) is 10.1 Å². The van der Waals surface area contributed by atoms with Crippen LogP contribution in [-0.2, 0) is 12.8 Å². The SMILES string of the molecule is NCCCCc1nc(Cc2cccc(Cl)c2)no1. The molecular formula is C13H16ClN3O. The Labute approximate surface area is 111 Å². The van der Waals surface area contributed by atoms with Gasteiger partial charge in [0.2, 0.25) is 5.89 Å². The monoisotopic (exact) mass is 265 g/mol. The lowest BCUT2D eigenvalue weighted by Gasteiger charge is -1.96. The largest absolute Gasteiger partial charge is 0.339 e. The van der Waals surface area contributed by atoms with E-state index >= 15 is 0 Å². The van der Waals surface area contributed by atoms with Crippen LogP contribution in [0.1, 0.15) is 30.1 Å². The van der Waals surface area contributed by atoms with Crippen LogP contribution in [0.4, 0.5) is 0 Å². The van der Waals surface area contributed by atoms with Crippen LogP contribution in [0, 0.1) is 0 Å². The van der Waals surface area contributed by atoms with Crippen molar-refractivity contribution in [2.24, 2.45) is 5.73 Å². The van der Waals surface area contributed by atoms with Crippen LogP contribution in [-0.4, -0.2) is 16.7 Å². The van der Waals surface area contributed by atoms with E-state index < -0.39 is 0 Å². The molecule has 1 heterocycles. The summed E-state index contributed by atoms with van der Waals surface area (Å²) in [5.74, 6) is 1.38. The second kappa shape index (κ2) is 6.52. The van der Waals surface area contributed by atoms with E-state index in [9.17, 15) is 0 Å². The molecule has 5 heteroatoms. The van der Waals surface area contributed by atoms with Gasteiger partial charge in [-0.2, -0.15) is 4.98 Å². The molecule has 0 aliphatic rings. The van der Waals surface area contributed by atoms with Crippen LogP contribution < -0.4 is 5.73 Å². The van der Waals surface area contributed by atoms with Gasteiger partial charge in [-0.05, 0) is 37.1 Å². The molecule has 2 rings (SSSR count). The van der Waals surface area contributed by atoms with Gasteiger partial charge in [0.15, 0.2) is 5.82 Å². The molecular weight excluding hydrogens is 250 g/mol. The van der Waals surface area contributed by atoms with E-state index in [0.717, 1.165) is 29.8 Å². The van der Waals surface area contributed by atoms with Gasteiger partial charge < -0.3 is 10.3 Å². The van der Waals surface area contributed by atoms with Gasteiger partial charge in [-0.15, -0.1) is 0 Å². The second-order valence-electron chi connectivity index (χ2n) is 4.16. The zero-order valence-corrected chi connectivity index (χ0v) is 10.9. The van der Waals surface area contributed by atoms with Gasteiger partial charge in [0.05, 0.1) is 0 Å². The second-order valence-corrected chi connectivity index (χ2v) is 4.59. The third-order valence-electron chi connectivity index (χ3n) is 2.61. The minimum atomic E-state index is 0.640. The summed E-state index contributed by atoms with van der Waals surface area (Å²) in [5.41, 5.74) is 6.52. The minimum absolute atomic E-state index is 0.640. The fourth-order valence-electron chi connectivity index (χ4n) is 1.71. The van der Waals surface area contributed by atoms with Gasteiger partial charge >= 0.3 is 0 Å². The van der Waals surface area contributed by atoms with Gasteiger partial charge in [0.25, 0.3) is 0 Å². The Morgan fingerprint density at radius 1 is 1.28 bits per heavy atom. The molecule has 1 aromatic heterocycles. The fraction of sp³-hybridized carbons (Fsp3) is 0.385. The molecule has 96 valence electrons. The molecule has 0 amide bonds. The topological polar surface area (TPSA) is 64.9 Å². The van der Waals surface area contributed by atoms with E-state index in [1.165, 1.54) is 0 Å². The zero-order chi connectivity index (χ0) is 12.8. The smallest absolute Gasteiger partial charge is 0.226 e. The third-order valence-corrected chi connectivity index (χ3v) is 2.84. The highest BCUT2D eigenvalue weighted by atomic mass is 35.5. The first-order valence-electron chi connectivity index (χ1n) is 6.04. The number of unbranched alkanes of at least 4 members (excludes halogenated alkanes) is 1. The lowest BCUT2D eigenvalue weighted by atomic mass is 10.1. The molecule has 0 radical (unpaired) electrons. The van der Waals surface area contributed by atoms with Crippen LogP contribution >= 0.6 is 11.6 Å².